The van der Waals surface area contributed by atoms with Gasteiger partial charge in [-0.05, 0) is 37.1 Å². The average Bonchev–Trinajstić information content (AvgIpc) is 2.75. The fraction of sp³-hybridized carbons (Fsp3) is 0.933. The van der Waals surface area contributed by atoms with Crippen LogP contribution in [0.3, 0.4) is 0 Å². The van der Waals surface area contributed by atoms with E-state index < -0.39 is 0 Å². The molecule has 0 radical (unpaired) electrons. The summed E-state index contributed by atoms with van der Waals surface area (Å²) in [4.78, 5) is 12.0. The van der Waals surface area contributed by atoms with Gasteiger partial charge in [0.25, 0.3) is 0 Å². The monoisotopic (exact) mass is 252 g/mol. The van der Waals surface area contributed by atoms with Crippen molar-refractivity contribution < 1.29 is 4.79 Å². The first kappa shape index (κ1) is 13.9. The van der Waals surface area contributed by atoms with Crippen LogP contribution >= 0.6 is 0 Å². The average molecular weight is 252 g/mol. The molecule has 0 aromatic carbocycles. The van der Waals surface area contributed by atoms with E-state index in [0.29, 0.717) is 5.92 Å². The van der Waals surface area contributed by atoms with E-state index in [0.717, 1.165) is 31.5 Å². The van der Waals surface area contributed by atoms with Crippen molar-refractivity contribution in [2.75, 3.05) is 19.6 Å². The molecule has 3 nitrogen and oxygen atoms in total. The van der Waals surface area contributed by atoms with Gasteiger partial charge < -0.3 is 10.6 Å². The minimum Gasteiger partial charge on any atom is -0.356 e. The predicted molar refractivity (Wildman–Crippen MR) is 74.3 cm³/mol. The van der Waals surface area contributed by atoms with E-state index >= 15 is 0 Å². The van der Waals surface area contributed by atoms with Crippen molar-refractivity contribution in [1.82, 2.24) is 10.6 Å². The molecule has 18 heavy (non-hydrogen) atoms. The van der Waals surface area contributed by atoms with Crippen LogP contribution in [0.2, 0.25) is 0 Å². The molecule has 1 heterocycles. The highest BCUT2D eigenvalue weighted by Gasteiger charge is 2.29. The summed E-state index contributed by atoms with van der Waals surface area (Å²) in [5, 5.41) is 6.43. The highest BCUT2D eigenvalue weighted by molar-refractivity contribution is 5.79. The summed E-state index contributed by atoms with van der Waals surface area (Å²) in [6.07, 6.45) is 6.67. The summed E-state index contributed by atoms with van der Waals surface area (Å²) in [7, 11) is 0. The maximum Gasteiger partial charge on any atom is 0.224 e. The highest BCUT2D eigenvalue weighted by atomic mass is 16.1. The van der Waals surface area contributed by atoms with Gasteiger partial charge in [0.15, 0.2) is 0 Å². The summed E-state index contributed by atoms with van der Waals surface area (Å²) in [5.74, 6) is 2.66. The zero-order chi connectivity index (χ0) is 13.0. The molecular formula is C15H28N2O. The van der Waals surface area contributed by atoms with E-state index in [1.54, 1.807) is 0 Å². The van der Waals surface area contributed by atoms with Gasteiger partial charge in [0.2, 0.25) is 5.91 Å². The van der Waals surface area contributed by atoms with Crippen LogP contribution in [0, 0.1) is 23.7 Å². The van der Waals surface area contributed by atoms with Crippen molar-refractivity contribution in [2.24, 2.45) is 23.7 Å². The molecule has 2 rings (SSSR count). The SMILES string of the molecule is CC1CCCC(CCNC(=O)C2CNCC2C)C1. The second kappa shape index (κ2) is 6.55. The lowest BCUT2D eigenvalue weighted by Crippen LogP contribution is -2.35. The number of amides is 1. The van der Waals surface area contributed by atoms with Gasteiger partial charge in [-0.1, -0.05) is 33.1 Å². The molecule has 0 bridgehead atoms. The lowest BCUT2D eigenvalue weighted by molar-refractivity contribution is -0.125. The first-order valence-corrected chi connectivity index (χ1v) is 7.65. The van der Waals surface area contributed by atoms with Crippen molar-refractivity contribution in [2.45, 2.75) is 46.0 Å². The molecule has 1 amide bonds. The van der Waals surface area contributed by atoms with E-state index in [4.69, 9.17) is 0 Å². The lowest BCUT2D eigenvalue weighted by Gasteiger charge is -2.26. The maximum atomic E-state index is 12.0. The van der Waals surface area contributed by atoms with Crippen LogP contribution in [0.5, 0.6) is 0 Å². The van der Waals surface area contributed by atoms with Gasteiger partial charge in [0.05, 0.1) is 5.92 Å². The third-order valence-electron chi connectivity index (χ3n) is 4.75. The zero-order valence-electron chi connectivity index (χ0n) is 11.9. The Morgan fingerprint density at radius 1 is 1.28 bits per heavy atom. The minimum absolute atomic E-state index is 0.190. The van der Waals surface area contributed by atoms with Crippen molar-refractivity contribution in [3.05, 3.63) is 0 Å². The Labute approximate surface area is 111 Å². The maximum absolute atomic E-state index is 12.0. The van der Waals surface area contributed by atoms with Crippen LogP contribution in [0.15, 0.2) is 0 Å². The van der Waals surface area contributed by atoms with Gasteiger partial charge in [0, 0.05) is 13.1 Å². The molecular weight excluding hydrogens is 224 g/mol. The molecule has 2 aliphatic rings. The van der Waals surface area contributed by atoms with E-state index in [2.05, 4.69) is 24.5 Å². The quantitative estimate of drug-likeness (QED) is 0.805. The molecule has 1 saturated heterocycles. The summed E-state index contributed by atoms with van der Waals surface area (Å²) in [6, 6.07) is 0. The number of carbonyl (C=O) groups is 1. The number of hydrogen-bond donors (Lipinski definition) is 2. The molecule has 0 aromatic rings. The smallest absolute Gasteiger partial charge is 0.224 e. The Balaban J connectivity index is 1.64. The van der Waals surface area contributed by atoms with E-state index in [1.165, 1.54) is 32.1 Å². The van der Waals surface area contributed by atoms with Crippen molar-refractivity contribution in [3.63, 3.8) is 0 Å². The largest absolute Gasteiger partial charge is 0.356 e. The number of hydrogen-bond acceptors (Lipinski definition) is 2. The second-order valence-corrected chi connectivity index (χ2v) is 6.46. The number of rotatable bonds is 4. The Bertz CT molecular complexity index is 280. The normalized spacial score (nSPS) is 36.6. The first-order chi connectivity index (χ1) is 8.66. The Kier molecular flexibility index (Phi) is 5.04. The molecule has 0 aromatic heterocycles. The summed E-state index contributed by atoms with van der Waals surface area (Å²) in [5.41, 5.74) is 0. The van der Waals surface area contributed by atoms with Gasteiger partial charge in [-0.15, -0.1) is 0 Å². The van der Waals surface area contributed by atoms with E-state index in [9.17, 15) is 4.79 Å². The van der Waals surface area contributed by atoms with Crippen LogP contribution in [0.1, 0.15) is 46.0 Å². The van der Waals surface area contributed by atoms with Crippen molar-refractivity contribution >= 4 is 5.91 Å². The molecule has 4 unspecified atom stereocenters. The van der Waals surface area contributed by atoms with Gasteiger partial charge in [0.1, 0.15) is 0 Å². The molecule has 3 heteroatoms. The molecule has 104 valence electrons. The van der Waals surface area contributed by atoms with Crippen LogP contribution in [-0.2, 0) is 4.79 Å². The Hall–Kier alpha value is -0.570. The first-order valence-electron chi connectivity index (χ1n) is 7.65. The molecule has 1 aliphatic carbocycles. The molecule has 0 spiro atoms. The fourth-order valence-electron chi connectivity index (χ4n) is 3.51. The van der Waals surface area contributed by atoms with Crippen molar-refractivity contribution in [1.29, 1.82) is 0 Å². The second-order valence-electron chi connectivity index (χ2n) is 6.46. The van der Waals surface area contributed by atoms with Gasteiger partial charge in [-0.2, -0.15) is 0 Å². The van der Waals surface area contributed by atoms with Gasteiger partial charge in [-0.3, -0.25) is 4.79 Å². The summed E-state index contributed by atoms with van der Waals surface area (Å²) < 4.78 is 0. The van der Waals surface area contributed by atoms with E-state index in [-0.39, 0.29) is 11.8 Å². The lowest BCUT2D eigenvalue weighted by atomic mass is 9.81. The third-order valence-corrected chi connectivity index (χ3v) is 4.75. The number of carbonyl (C=O) groups excluding carboxylic acids is 1. The predicted octanol–water partition coefficient (Wildman–Crippen LogP) is 2.17. The van der Waals surface area contributed by atoms with E-state index in [1.807, 2.05) is 0 Å². The third kappa shape index (κ3) is 3.71. The van der Waals surface area contributed by atoms with Crippen molar-refractivity contribution in [3.8, 4) is 0 Å². The molecule has 4 atom stereocenters. The van der Waals surface area contributed by atoms with Crippen LogP contribution in [0.4, 0.5) is 0 Å². The highest BCUT2D eigenvalue weighted by Crippen LogP contribution is 2.30. The topological polar surface area (TPSA) is 41.1 Å². The zero-order valence-corrected chi connectivity index (χ0v) is 11.9. The molecule has 2 N–H and O–H groups in total. The minimum atomic E-state index is 0.190. The Morgan fingerprint density at radius 3 is 2.78 bits per heavy atom. The Morgan fingerprint density at radius 2 is 2.11 bits per heavy atom. The standard InChI is InChI=1S/C15H28N2O/c1-11-4-3-5-13(8-11)6-7-17-15(18)14-10-16-9-12(14)2/h11-14,16H,3-10H2,1-2H3,(H,17,18). The fourth-order valence-corrected chi connectivity index (χ4v) is 3.51. The molecule has 2 fully saturated rings. The number of nitrogens with one attached hydrogen (secondary N) is 2. The van der Waals surface area contributed by atoms with Crippen LogP contribution in [0.25, 0.3) is 0 Å². The summed E-state index contributed by atoms with van der Waals surface area (Å²) in [6.45, 7) is 7.23. The molecule has 1 saturated carbocycles. The van der Waals surface area contributed by atoms with Gasteiger partial charge >= 0.3 is 0 Å². The summed E-state index contributed by atoms with van der Waals surface area (Å²) >= 11 is 0. The molecule has 1 aliphatic heterocycles. The van der Waals surface area contributed by atoms with Crippen LogP contribution < -0.4 is 10.6 Å². The van der Waals surface area contributed by atoms with Crippen LogP contribution in [-0.4, -0.2) is 25.5 Å². The van der Waals surface area contributed by atoms with Gasteiger partial charge in [-0.25, -0.2) is 0 Å².